The minimum atomic E-state index is -0.732. The van der Waals surface area contributed by atoms with Crippen LogP contribution in [0.25, 0.3) is 0 Å². The summed E-state index contributed by atoms with van der Waals surface area (Å²) in [5, 5.41) is 10.3. The van der Waals surface area contributed by atoms with Crippen molar-refractivity contribution in [3.8, 4) is 0 Å². The number of hydrogen-bond acceptors (Lipinski definition) is 1. The number of rotatable bonds is 1. The molecule has 0 spiro atoms. The van der Waals surface area contributed by atoms with E-state index in [0.29, 0.717) is 0 Å². The molecule has 0 unspecified atom stereocenters. The molecular formula is C20H32O. The minimum absolute atomic E-state index is 0.732. The Kier molecular flexibility index (Phi) is 7.17. The Morgan fingerprint density at radius 3 is 1.86 bits per heavy atom. The molecule has 0 saturated carbocycles. The van der Waals surface area contributed by atoms with E-state index in [0.717, 1.165) is 44.1 Å². The van der Waals surface area contributed by atoms with E-state index in [2.05, 4.69) is 45.1 Å². The van der Waals surface area contributed by atoms with Crippen molar-refractivity contribution in [2.75, 3.05) is 0 Å². The molecule has 21 heavy (non-hydrogen) atoms. The molecule has 0 heterocycles. The molecule has 0 atom stereocenters. The molecule has 0 aliphatic heterocycles. The summed E-state index contributed by atoms with van der Waals surface area (Å²) >= 11 is 0. The highest BCUT2D eigenvalue weighted by Crippen LogP contribution is 2.24. The summed E-state index contributed by atoms with van der Waals surface area (Å²) in [7, 11) is 0. The highest BCUT2D eigenvalue weighted by atomic mass is 16.3. The van der Waals surface area contributed by atoms with E-state index in [1.807, 2.05) is 13.8 Å². The average Bonchev–Trinajstić information content (AvgIpc) is 2.36. The Bertz CT molecular complexity index is 453. The fraction of sp³-hybridized carbons (Fsp3) is 0.600. The van der Waals surface area contributed by atoms with Gasteiger partial charge in [0.15, 0.2) is 0 Å². The van der Waals surface area contributed by atoms with Crippen LogP contribution in [0.3, 0.4) is 0 Å². The molecule has 118 valence electrons. The molecule has 0 aromatic rings. The van der Waals surface area contributed by atoms with Crippen molar-refractivity contribution in [1.29, 1.82) is 0 Å². The predicted octanol–water partition coefficient (Wildman–Crippen LogP) is 5.88. The van der Waals surface area contributed by atoms with Gasteiger partial charge in [-0.25, -0.2) is 0 Å². The predicted molar refractivity (Wildman–Crippen MR) is 93.4 cm³/mol. The smallest absolute Gasteiger partial charge is 0.0803 e. The second-order valence-electron chi connectivity index (χ2n) is 6.94. The lowest BCUT2D eigenvalue weighted by molar-refractivity contribution is 0.116. The fourth-order valence-electron chi connectivity index (χ4n) is 2.55. The van der Waals surface area contributed by atoms with Crippen molar-refractivity contribution in [2.45, 2.75) is 78.7 Å². The van der Waals surface area contributed by atoms with Crippen LogP contribution in [0.4, 0.5) is 0 Å². The zero-order valence-electron chi connectivity index (χ0n) is 14.5. The second-order valence-corrected chi connectivity index (χ2v) is 6.94. The van der Waals surface area contributed by atoms with Crippen molar-refractivity contribution < 1.29 is 5.11 Å². The third kappa shape index (κ3) is 7.47. The molecule has 1 aliphatic rings. The first-order valence-electron chi connectivity index (χ1n) is 8.19. The molecule has 1 heteroatoms. The van der Waals surface area contributed by atoms with E-state index < -0.39 is 5.60 Å². The number of hydrogen-bond donors (Lipinski definition) is 1. The SMILES string of the molecule is C/C1=C\C=C(\C(C)(C)O)CC/C(C)=C/CC/C(C)=C/CC1. The van der Waals surface area contributed by atoms with Gasteiger partial charge in [-0.05, 0) is 78.7 Å². The van der Waals surface area contributed by atoms with E-state index in [1.165, 1.54) is 16.7 Å². The Morgan fingerprint density at radius 1 is 0.762 bits per heavy atom. The van der Waals surface area contributed by atoms with E-state index >= 15 is 0 Å². The van der Waals surface area contributed by atoms with Crippen LogP contribution in [0, 0.1) is 0 Å². The first-order valence-corrected chi connectivity index (χ1v) is 8.19. The van der Waals surface area contributed by atoms with E-state index in [9.17, 15) is 5.11 Å². The standard InChI is InChI=1S/C20H32O/c1-16-8-6-10-17(2)12-14-19(20(4,5)21)15-13-18(3)11-7-9-16/h8,11-12,14,21H,6-7,9-10,13,15H2,1-5H3/b16-8+,17-12+,18-11+,19-14+. The summed E-state index contributed by atoms with van der Waals surface area (Å²) in [6.45, 7) is 10.4. The van der Waals surface area contributed by atoms with Gasteiger partial charge in [0.05, 0.1) is 5.60 Å². The van der Waals surface area contributed by atoms with Gasteiger partial charge in [-0.3, -0.25) is 0 Å². The largest absolute Gasteiger partial charge is 0.386 e. The molecule has 0 fully saturated rings. The first-order chi connectivity index (χ1) is 9.79. The lowest BCUT2D eigenvalue weighted by atomic mass is 9.91. The fourth-order valence-corrected chi connectivity index (χ4v) is 2.55. The van der Waals surface area contributed by atoms with Gasteiger partial charge in [0, 0.05) is 0 Å². The maximum absolute atomic E-state index is 10.3. The molecule has 0 radical (unpaired) electrons. The van der Waals surface area contributed by atoms with Crippen molar-refractivity contribution in [3.05, 3.63) is 46.6 Å². The summed E-state index contributed by atoms with van der Waals surface area (Å²) < 4.78 is 0. The molecule has 0 saturated heterocycles. The molecule has 1 N–H and O–H groups in total. The normalized spacial score (nSPS) is 29.8. The van der Waals surface area contributed by atoms with Crippen molar-refractivity contribution in [1.82, 2.24) is 0 Å². The van der Waals surface area contributed by atoms with Gasteiger partial charge in [0.1, 0.15) is 0 Å². The summed E-state index contributed by atoms with van der Waals surface area (Å²) in [5.41, 5.74) is 4.70. The number of aliphatic hydroxyl groups is 1. The third-order valence-electron chi connectivity index (χ3n) is 4.21. The third-order valence-corrected chi connectivity index (χ3v) is 4.21. The molecular weight excluding hydrogens is 256 g/mol. The lowest BCUT2D eigenvalue weighted by Gasteiger charge is -2.22. The van der Waals surface area contributed by atoms with Crippen LogP contribution in [0.15, 0.2) is 46.6 Å². The van der Waals surface area contributed by atoms with Crippen molar-refractivity contribution in [2.24, 2.45) is 0 Å². The highest BCUT2D eigenvalue weighted by Gasteiger charge is 2.18. The zero-order chi connectivity index (χ0) is 15.9. The molecule has 1 rings (SSSR count). The monoisotopic (exact) mass is 288 g/mol. The molecule has 1 aliphatic carbocycles. The van der Waals surface area contributed by atoms with Gasteiger partial charge >= 0.3 is 0 Å². The van der Waals surface area contributed by atoms with Crippen molar-refractivity contribution in [3.63, 3.8) is 0 Å². The van der Waals surface area contributed by atoms with Crippen LogP contribution in [0.1, 0.15) is 73.1 Å². The molecule has 0 aromatic carbocycles. The van der Waals surface area contributed by atoms with Crippen LogP contribution >= 0.6 is 0 Å². The highest BCUT2D eigenvalue weighted by molar-refractivity contribution is 5.24. The topological polar surface area (TPSA) is 20.2 Å². The maximum atomic E-state index is 10.3. The van der Waals surface area contributed by atoms with Gasteiger partial charge < -0.3 is 5.11 Å². The molecule has 0 amide bonds. The van der Waals surface area contributed by atoms with E-state index in [-0.39, 0.29) is 0 Å². The molecule has 0 bridgehead atoms. The summed E-state index contributed by atoms with van der Waals surface area (Å²) in [4.78, 5) is 0. The van der Waals surface area contributed by atoms with Gasteiger partial charge in [-0.15, -0.1) is 0 Å². The molecule has 0 aromatic heterocycles. The summed E-state index contributed by atoms with van der Waals surface area (Å²) in [5.74, 6) is 0. The minimum Gasteiger partial charge on any atom is -0.386 e. The quantitative estimate of drug-likeness (QED) is 0.598. The lowest BCUT2D eigenvalue weighted by Crippen LogP contribution is -2.22. The Hall–Kier alpha value is -1.08. The van der Waals surface area contributed by atoms with Crippen molar-refractivity contribution >= 4 is 0 Å². The second kappa shape index (κ2) is 8.38. The summed E-state index contributed by atoms with van der Waals surface area (Å²) in [6.07, 6.45) is 15.5. The van der Waals surface area contributed by atoms with Gasteiger partial charge in [-0.2, -0.15) is 0 Å². The maximum Gasteiger partial charge on any atom is 0.0803 e. The first kappa shape index (κ1) is 18.0. The van der Waals surface area contributed by atoms with E-state index in [1.54, 1.807) is 0 Å². The summed E-state index contributed by atoms with van der Waals surface area (Å²) in [6, 6.07) is 0. The average molecular weight is 288 g/mol. The van der Waals surface area contributed by atoms with Crippen LogP contribution in [-0.2, 0) is 0 Å². The number of allylic oxidation sites excluding steroid dienone is 7. The van der Waals surface area contributed by atoms with Crippen LogP contribution in [0.2, 0.25) is 0 Å². The Morgan fingerprint density at radius 2 is 1.29 bits per heavy atom. The van der Waals surface area contributed by atoms with Crippen LogP contribution < -0.4 is 0 Å². The Balaban J connectivity index is 2.96. The van der Waals surface area contributed by atoms with Crippen LogP contribution in [0.5, 0.6) is 0 Å². The molecule has 1 nitrogen and oxygen atoms in total. The van der Waals surface area contributed by atoms with Gasteiger partial charge in [0.25, 0.3) is 0 Å². The van der Waals surface area contributed by atoms with Gasteiger partial charge in [-0.1, -0.05) is 41.0 Å². The van der Waals surface area contributed by atoms with E-state index in [4.69, 9.17) is 0 Å². The van der Waals surface area contributed by atoms with Gasteiger partial charge in [0.2, 0.25) is 0 Å². The Labute approximate surface area is 131 Å². The zero-order valence-corrected chi connectivity index (χ0v) is 14.5. The van der Waals surface area contributed by atoms with Crippen LogP contribution in [-0.4, -0.2) is 10.7 Å².